The van der Waals surface area contributed by atoms with Gasteiger partial charge in [-0.25, -0.2) is 0 Å². The molecule has 3 rings (SSSR count). The highest BCUT2D eigenvalue weighted by molar-refractivity contribution is 5.12. The first-order valence-corrected chi connectivity index (χ1v) is 8.65. The van der Waals surface area contributed by atoms with Crippen LogP contribution in [0.1, 0.15) is 79.1 Å². The van der Waals surface area contributed by atoms with E-state index >= 15 is 0 Å². The summed E-state index contributed by atoms with van der Waals surface area (Å²) >= 11 is 0. The summed E-state index contributed by atoms with van der Waals surface area (Å²) < 4.78 is 0. The number of hydrogen-bond acceptors (Lipinski definition) is 1. The monoisotopic (exact) mass is 263 g/mol. The Balaban J connectivity index is 1.69. The van der Waals surface area contributed by atoms with Crippen molar-refractivity contribution in [1.82, 2.24) is 5.32 Å². The minimum Gasteiger partial charge on any atom is -0.312 e. The molecule has 0 radical (unpaired) electrons. The van der Waals surface area contributed by atoms with Gasteiger partial charge in [0.05, 0.1) is 0 Å². The Morgan fingerprint density at radius 2 is 1.74 bits per heavy atom. The van der Waals surface area contributed by atoms with Crippen molar-refractivity contribution in [3.63, 3.8) is 0 Å². The van der Waals surface area contributed by atoms with Crippen molar-refractivity contribution in [3.8, 4) is 0 Å². The van der Waals surface area contributed by atoms with Gasteiger partial charge in [0.25, 0.3) is 0 Å². The smallest absolute Gasteiger partial charge is 0.0175 e. The van der Waals surface area contributed by atoms with Crippen molar-refractivity contribution < 1.29 is 0 Å². The van der Waals surface area contributed by atoms with Gasteiger partial charge in [-0.3, -0.25) is 0 Å². The molecule has 0 aromatic heterocycles. The summed E-state index contributed by atoms with van der Waals surface area (Å²) in [6, 6.07) is 0.753. The van der Waals surface area contributed by atoms with Crippen molar-refractivity contribution in [3.05, 3.63) is 0 Å². The normalized spacial score (nSPS) is 42.9. The van der Waals surface area contributed by atoms with Crippen LogP contribution in [0.4, 0.5) is 0 Å². The molecule has 19 heavy (non-hydrogen) atoms. The van der Waals surface area contributed by atoms with E-state index in [9.17, 15) is 0 Å². The van der Waals surface area contributed by atoms with Crippen LogP contribution in [0.25, 0.3) is 0 Å². The lowest BCUT2D eigenvalue weighted by molar-refractivity contribution is 0.0937. The van der Waals surface area contributed by atoms with Gasteiger partial charge in [0.15, 0.2) is 0 Å². The standard InChI is InChI=1S/C18H33N/c1-5-18(9-6-7-10-18)13-19-15-16(2,3)14-8-11-17(15,4)12-14/h14-15,19H,5-13H2,1-4H3. The first-order chi connectivity index (χ1) is 8.92. The lowest BCUT2D eigenvalue weighted by Crippen LogP contribution is -2.52. The molecule has 0 aromatic carbocycles. The van der Waals surface area contributed by atoms with Crippen LogP contribution in [0, 0.1) is 22.2 Å². The summed E-state index contributed by atoms with van der Waals surface area (Å²) in [7, 11) is 0. The summed E-state index contributed by atoms with van der Waals surface area (Å²) in [5, 5.41) is 4.08. The van der Waals surface area contributed by atoms with Gasteiger partial charge in [-0.1, -0.05) is 40.5 Å². The molecule has 0 amide bonds. The van der Waals surface area contributed by atoms with E-state index in [1.165, 1.54) is 57.9 Å². The quantitative estimate of drug-likeness (QED) is 0.771. The van der Waals surface area contributed by atoms with E-state index in [2.05, 4.69) is 33.0 Å². The third kappa shape index (κ3) is 2.07. The molecule has 3 unspecified atom stereocenters. The Labute approximate surface area is 119 Å². The highest BCUT2D eigenvalue weighted by Gasteiger charge is 2.59. The number of hydrogen-bond donors (Lipinski definition) is 1. The second-order valence-electron chi connectivity index (χ2n) is 8.79. The molecule has 0 aromatic rings. The number of rotatable bonds is 4. The molecule has 3 saturated carbocycles. The molecule has 1 heteroatoms. The molecule has 0 heterocycles. The highest BCUT2D eigenvalue weighted by Crippen LogP contribution is 2.62. The maximum absolute atomic E-state index is 4.08. The summed E-state index contributed by atoms with van der Waals surface area (Å²) in [5.74, 6) is 0.969. The Kier molecular flexibility index (Phi) is 3.28. The maximum Gasteiger partial charge on any atom is 0.0175 e. The maximum atomic E-state index is 4.08. The molecule has 3 aliphatic rings. The van der Waals surface area contributed by atoms with E-state index in [1.54, 1.807) is 0 Å². The van der Waals surface area contributed by atoms with Crippen LogP contribution in [-0.4, -0.2) is 12.6 Å². The molecule has 3 fully saturated rings. The third-order valence-electron chi connectivity index (χ3n) is 7.37. The average Bonchev–Trinajstić information content (AvgIpc) is 3.00. The van der Waals surface area contributed by atoms with E-state index < -0.39 is 0 Å². The predicted molar refractivity (Wildman–Crippen MR) is 82.2 cm³/mol. The lowest BCUT2D eigenvalue weighted by Gasteiger charge is -2.45. The Bertz CT molecular complexity index is 335. The van der Waals surface area contributed by atoms with Crippen molar-refractivity contribution >= 4 is 0 Å². The predicted octanol–water partition coefficient (Wildman–Crippen LogP) is 4.76. The molecule has 0 spiro atoms. The van der Waals surface area contributed by atoms with Crippen LogP contribution in [0.5, 0.6) is 0 Å². The summed E-state index contributed by atoms with van der Waals surface area (Å²) in [6.45, 7) is 11.3. The van der Waals surface area contributed by atoms with Crippen LogP contribution >= 0.6 is 0 Å². The Hall–Kier alpha value is -0.0400. The van der Waals surface area contributed by atoms with Crippen molar-refractivity contribution in [2.24, 2.45) is 22.2 Å². The molecule has 3 aliphatic carbocycles. The highest BCUT2D eigenvalue weighted by atomic mass is 15.0. The third-order valence-corrected chi connectivity index (χ3v) is 7.37. The molecule has 1 N–H and O–H groups in total. The van der Waals surface area contributed by atoms with Crippen LogP contribution < -0.4 is 5.32 Å². The van der Waals surface area contributed by atoms with Crippen LogP contribution in [0.15, 0.2) is 0 Å². The van der Waals surface area contributed by atoms with Gasteiger partial charge in [-0.2, -0.15) is 0 Å². The van der Waals surface area contributed by atoms with Gasteiger partial charge in [0, 0.05) is 12.6 Å². The van der Waals surface area contributed by atoms with Gasteiger partial charge in [-0.15, -0.1) is 0 Å². The van der Waals surface area contributed by atoms with E-state index in [1.807, 2.05) is 0 Å². The van der Waals surface area contributed by atoms with E-state index in [4.69, 9.17) is 0 Å². The summed E-state index contributed by atoms with van der Waals surface area (Å²) in [6.07, 6.45) is 11.6. The number of fused-ring (bicyclic) bond motifs is 2. The molecule has 1 nitrogen and oxygen atoms in total. The molecule has 110 valence electrons. The molecular formula is C18H33N. The topological polar surface area (TPSA) is 12.0 Å². The fourth-order valence-electron chi connectivity index (χ4n) is 5.91. The molecule has 0 saturated heterocycles. The second kappa shape index (κ2) is 4.48. The Morgan fingerprint density at radius 1 is 1.05 bits per heavy atom. The number of nitrogens with one attached hydrogen (secondary N) is 1. The van der Waals surface area contributed by atoms with Crippen LogP contribution in [0.3, 0.4) is 0 Å². The van der Waals surface area contributed by atoms with E-state index in [-0.39, 0.29) is 0 Å². The SMILES string of the molecule is CCC1(CNC2C3(C)CCC(C3)C2(C)C)CCCC1. The fraction of sp³-hybridized carbons (Fsp3) is 1.00. The van der Waals surface area contributed by atoms with E-state index in [0.717, 1.165) is 12.0 Å². The molecule has 2 bridgehead atoms. The largest absolute Gasteiger partial charge is 0.312 e. The van der Waals surface area contributed by atoms with Crippen molar-refractivity contribution in [1.29, 1.82) is 0 Å². The average molecular weight is 263 g/mol. The van der Waals surface area contributed by atoms with Gasteiger partial charge >= 0.3 is 0 Å². The van der Waals surface area contributed by atoms with Crippen LogP contribution in [-0.2, 0) is 0 Å². The minimum atomic E-state index is 0.514. The van der Waals surface area contributed by atoms with Crippen molar-refractivity contribution in [2.75, 3.05) is 6.54 Å². The first-order valence-electron chi connectivity index (χ1n) is 8.65. The first kappa shape index (κ1) is 13.9. The summed E-state index contributed by atoms with van der Waals surface area (Å²) in [5.41, 5.74) is 1.73. The second-order valence-corrected chi connectivity index (χ2v) is 8.79. The van der Waals surface area contributed by atoms with Gasteiger partial charge in [-0.05, 0) is 60.7 Å². The molecule has 0 aliphatic heterocycles. The zero-order chi connectivity index (χ0) is 13.7. The lowest BCUT2D eigenvalue weighted by atomic mass is 9.68. The summed E-state index contributed by atoms with van der Waals surface area (Å²) in [4.78, 5) is 0. The van der Waals surface area contributed by atoms with E-state index in [0.29, 0.717) is 16.2 Å². The zero-order valence-corrected chi connectivity index (χ0v) is 13.5. The van der Waals surface area contributed by atoms with Gasteiger partial charge in [0.2, 0.25) is 0 Å². The fourth-order valence-corrected chi connectivity index (χ4v) is 5.91. The van der Waals surface area contributed by atoms with Gasteiger partial charge < -0.3 is 5.32 Å². The molecular weight excluding hydrogens is 230 g/mol. The Morgan fingerprint density at radius 3 is 2.26 bits per heavy atom. The minimum absolute atomic E-state index is 0.514. The van der Waals surface area contributed by atoms with Crippen LogP contribution in [0.2, 0.25) is 0 Å². The van der Waals surface area contributed by atoms with Gasteiger partial charge in [0.1, 0.15) is 0 Å². The zero-order valence-electron chi connectivity index (χ0n) is 13.5. The molecule has 3 atom stereocenters. The van der Waals surface area contributed by atoms with Crippen molar-refractivity contribution in [2.45, 2.75) is 85.1 Å².